The fourth-order valence-corrected chi connectivity index (χ4v) is 5.30. The Morgan fingerprint density at radius 1 is 1.27 bits per heavy atom. The quantitative estimate of drug-likeness (QED) is 0.641. The number of nitrogens with zero attached hydrogens (tertiary/aromatic N) is 3. The minimum atomic E-state index is -1.06. The van der Waals surface area contributed by atoms with E-state index in [1.54, 1.807) is 4.90 Å². The van der Waals surface area contributed by atoms with Gasteiger partial charge in [-0.2, -0.15) is 0 Å². The number of amides is 3. The van der Waals surface area contributed by atoms with E-state index >= 15 is 0 Å². The number of nitrogens with two attached hydrogens (primary N) is 1. The fourth-order valence-electron chi connectivity index (χ4n) is 5.05. The Kier molecular flexibility index (Phi) is 6.13. The molecule has 1 spiro atoms. The molecule has 2 fully saturated rings. The van der Waals surface area contributed by atoms with Gasteiger partial charge in [-0.25, -0.2) is 13.8 Å². The van der Waals surface area contributed by atoms with E-state index in [0.29, 0.717) is 45.2 Å². The molecule has 1 saturated heterocycles. The second-order valence-corrected chi connectivity index (χ2v) is 8.92. The van der Waals surface area contributed by atoms with Crippen LogP contribution in [0.2, 0.25) is 5.02 Å². The number of hydrogen-bond acceptors (Lipinski definition) is 4. The number of carbonyl (C=O) groups excluding carboxylic acids is 3. The summed E-state index contributed by atoms with van der Waals surface area (Å²) < 4.78 is 27.2. The van der Waals surface area contributed by atoms with Crippen molar-refractivity contribution in [2.24, 2.45) is 11.1 Å². The van der Waals surface area contributed by atoms with Crippen molar-refractivity contribution < 1.29 is 23.2 Å². The molecule has 1 aromatic carbocycles. The zero-order chi connectivity index (χ0) is 23.9. The number of nitrogens with one attached hydrogen (secondary N) is 1. The summed E-state index contributed by atoms with van der Waals surface area (Å²) in [6.07, 6.45) is 4.08. The molecule has 33 heavy (non-hydrogen) atoms. The van der Waals surface area contributed by atoms with Gasteiger partial charge in [0.25, 0.3) is 11.8 Å². The van der Waals surface area contributed by atoms with Crippen molar-refractivity contribution in [3.63, 3.8) is 0 Å². The largest absolute Gasteiger partial charge is 0.364 e. The molecule has 1 aromatic heterocycles. The zero-order valence-corrected chi connectivity index (χ0v) is 18.8. The Morgan fingerprint density at radius 2 is 1.94 bits per heavy atom. The number of anilines is 1. The summed E-state index contributed by atoms with van der Waals surface area (Å²) in [6, 6.07) is 1.71. The average molecular weight is 480 g/mol. The van der Waals surface area contributed by atoms with E-state index < -0.39 is 23.0 Å². The van der Waals surface area contributed by atoms with Gasteiger partial charge in [-0.3, -0.25) is 14.4 Å². The number of imidazole rings is 1. The fraction of sp³-hybridized carbons (Fsp3) is 0.455. The van der Waals surface area contributed by atoms with Crippen LogP contribution in [0.4, 0.5) is 14.5 Å². The molecule has 0 atom stereocenters. The van der Waals surface area contributed by atoms with Gasteiger partial charge < -0.3 is 20.5 Å². The smallest absolute Gasteiger partial charge is 0.275 e. The molecule has 176 valence electrons. The number of carbonyl (C=O) groups is 3. The minimum absolute atomic E-state index is 0.0132. The maximum atomic E-state index is 13.8. The lowest BCUT2D eigenvalue weighted by atomic mass is 9.71. The number of H-pyrrole nitrogens is 1. The van der Waals surface area contributed by atoms with Gasteiger partial charge in [-0.15, -0.1) is 0 Å². The average Bonchev–Trinajstić information content (AvgIpc) is 3.39. The zero-order valence-electron chi connectivity index (χ0n) is 18.0. The third-order valence-corrected chi connectivity index (χ3v) is 7.14. The normalized spacial score (nSPS) is 22.7. The van der Waals surface area contributed by atoms with Crippen LogP contribution in [0.3, 0.4) is 0 Å². The summed E-state index contributed by atoms with van der Waals surface area (Å²) in [7, 11) is 0. The van der Waals surface area contributed by atoms with Gasteiger partial charge in [0.2, 0.25) is 5.91 Å². The van der Waals surface area contributed by atoms with E-state index in [1.165, 1.54) is 11.2 Å². The second-order valence-electron chi connectivity index (χ2n) is 8.52. The van der Waals surface area contributed by atoms with Gasteiger partial charge >= 0.3 is 0 Å². The topological polar surface area (TPSA) is 112 Å². The predicted octanol–water partition coefficient (Wildman–Crippen LogP) is 3.27. The molecular formula is C22H24ClF2N5O3. The molecular weight excluding hydrogens is 456 g/mol. The molecule has 3 N–H and O–H groups in total. The first-order valence-electron chi connectivity index (χ1n) is 10.8. The summed E-state index contributed by atoms with van der Waals surface area (Å²) in [5.74, 6) is -3.43. The molecule has 4 rings (SSSR count). The SMILES string of the molecule is CCN(C(=O)c1nc[nH]c1C(N)=O)[C@H]1CC[C@@]2(CCN(c3cc(F)c(F)cc3Cl)C2=O)CC1. The van der Waals surface area contributed by atoms with E-state index in [1.807, 2.05) is 6.92 Å². The summed E-state index contributed by atoms with van der Waals surface area (Å²) in [5, 5.41) is -0.0139. The minimum Gasteiger partial charge on any atom is -0.364 e. The van der Waals surface area contributed by atoms with Crippen LogP contribution in [0.15, 0.2) is 18.5 Å². The molecule has 0 radical (unpaired) electrons. The third kappa shape index (κ3) is 3.96. The van der Waals surface area contributed by atoms with E-state index in [-0.39, 0.29) is 40.0 Å². The Hall–Kier alpha value is -3.01. The molecule has 2 aromatic rings. The van der Waals surface area contributed by atoms with Crippen LogP contribution < -0.4 is 10.6 Å². The molecule has 0 unspecified atom stereocenters. The van der Waals surface area contributed by atoms with Crippen LogP contribution in [0.1, 0.15) is 60.0 Å². The van der Waals surface area contributed by atoms with Crippen molar-refractivity contribution in [3.05, 3.63) is 46.5 Å². The highest BCUT2D eigenvalue weighted by Crippen LogP contribution is 2.48. The van der Waals surface area contributed by atoms with E-state index in [2.05, 4.69) is 9.97 Å². The first-order chi connectivity index (χ1) is 15.7. The Bertz CT molecular complexity index is 1110. The van der Waals surface area contributed by atoms with Crippen LogP contribution >= 0.6 is 11.6 Å². The van der Waals surface area contributed by atoms with Crippen molar-refractivity contribution in [1.82, 2.24) is 14.9 Å². The summed E-state index contributed by atoms with van der Waals surface area (Å²) in [5.41, 5.74) is 4.82. The Morgan fingerprint density at radius 3 is 2.58 bits per heavy atom. The highest BCUT2D eigenvalue weighted by Gasteiger charge is 2.50. The number of halogens is 3. The van der Waals surface area contributed by atoms with Gasteiger partial charge in [0.05, 0.1) is 22.5 Å². The summed E-state index contributed by atoms with van der Waals surface area (Å²) in [4.78, 5) is 47.6. The number of aromatic nitrogens is 2. The van der Waals surface area contributed by atoms with Crippen molar-refractivity contribution in [2.75, 3.05) is 18.0 Å². The molecule has 8 nitrogen and oxygen atoms in total. The molecule has 11 heteroatoms. The first-order valence-corrected chi connectivity index (χ1v) is 11.2. The monoisotopic (exact) mass is 479 g/mol. The van der Waals surface area contributed by atoms with Gasteiger partial charge in [0, 0.05) is 25.2 Å². The molecule has 1 aliphatic carbocycles. The Labute approximate surface area is 194 Å². The van der Waals surface area contributed by atoms with Crippen LogP contribution in [0.5, 0.6) is 0 Å². The van der Waals surface area contributed by atoms with Crippen LogP contribution in [0.25, 0.3) is 0 Å². The molecule has 2 heterocycles. The third-order valence-electron chi connectivity index (χ3n) is 6.84. The van der Waals surface area contributed by atoms with Crippen molar-refractivity contribution >= 4 is 35.0 Å². The number of hydrogen-bond donors (Lipinski definition) is 2. The van der Waals surface area contributed by atoms with Gasteiger partial charge in [0.1, 0.15) is 5.69 Å². The Balaban J connectivity index is 1.48. The van der Waals surface area contributed by atoms with Crippen molar-refractivity contribution in [3.8, 4) is 0 Å². The molecule has 3 amide bonds. The number of benzene rings is 1. The van der Waals surface area contributed by atoms with E-state index in [0.717, 1.165) is 12.1 Å². The van der Waals surface area contributed by atoms with E-state index in [9.17, 15) is 23.2 Å². The highest BCUT2D eigenvalue weighted by molar-refractivity contribution is 6.34. The van der Waals surface area contributed by atoms with Crippen molar-refractivity contribution in [1.29, 1.82) is 0 Å². The lowest BCUT2D eigenvalue weighted by Crippen LogP contribution is -2.46. The molecule has 0 bridgehead atoms. The maximum absolute atomic E-state index is 13.8. The predicted molar refractivity (Wildman–Crippen MR) is 117 cm³/mol. The second kappa shape index (κ2) is 8.74. The van der Waals surface area contributed by atoms with Gasteiger partial charge in [-0.1, -0.05) is 11.6 Å². The lowest BCUT2D eigenvalue weighted by Gasteiger charge is -2.40. The van der Waals surface area contributed by atoms with Crippen LogP contribution in [-0.4, -0.2) is 51.7 Å². The summed E-state index contributed by atoms with van der Waals surface area (Å²) in [6.45, 7) is 2.61. The molecule has 2 aliphatic rings. The van der Waals surface area contributed by atoms with Crippen LogP contribution in [0, 0.1) is 17.0 Å². The van der Waals surface area contributed by atoms with Gasteiger partial charge in [0.15, 0.2) is 17.3 Å². The molecule has 1 aliphatic heterocycles. The highest BCUT2D eigenvalue weighted by atomic mass is 35.5. The maximum Gasteiger partial charge on any atom is 0.275 e. The number of aromatic amines is 1. The van der Waals surface area contributed by atoms with Gasteiger partial charge in [-0.05, 0) is 45.1 Å². The van der Waals surface area contributed by atoms with E-state index in [4.69, 9.17) is 17.3 Å². The van der Waals surface area contributed by atoms with Crippen LogP contribution in [-0.2, 0) is 4.79 Å². The first kappa shape index (κ1) is 23.2. The summed E-state index contributed by atoms with van der Waals surface area (Å²) >= 11 is 6.09. The van der Waals surface area contributed by atoms with Crippen molar-refractivity contribution in [2.45, 2.75) is 45.1 Å². The number of primary amides is 1. The standard InChI is InChI=1S/C22H24ClF2N5O3/c1-2-29(20(32)18-17(19(26)31)27-11-28-18)12-3-5-22(6-4-12)7-8-30(21(22)33)16-10-15(25)14(24)9-13(16)23/h9-12H,2-8H2,1H3,(H2,26,31)(H,27,28)/t12-,22-. The number of rotatable bonds is 5. The lowest BCUT2D eigenvalue weighted by molar-refractivity contribution is -0.127. The molecule has 1 saturated carbocycles.